The predicted octanol–water partition coefficient (Wildman–Crippen LogP) is 2.18. The summed E-state index contributed by atoms with van der Waals surface area (Å²) < 4.78 is 2.07. The van der Waals surface area contributed by atoms with Crippen molar-refractivity contribution in [1.82, 2.24) is 25.3 Å². The summed E-state index contributed by atoms with van der Waals surface area (Å²) in [7, 11) is 4.00. The highest BCUT2D eigenvalue weighted by Gasteiger charge is 2.03. The van der Waals surface area contributed by atoms with Crippen LogP contribution in [0.3, 0.4) is 0 Å². The first-order chi connectivity index (χ1) is 11.4. The van der Waals surface area contributed by atoms with Crippen molar-refractivity contribution in [3.63, 3.8) is 0 Å². The van der Waals surface area contributed by atoms with Gasteiger partial charge in [0, 0.05) is 38.4 Å². The van der Waals surface area contributed by atoms with Gasteiger partial charge in [-0.15, -0.1) is 0 Å². The molecule has 1 rings (SSSR count). The van der Waals surface area contributed by atoms with Gasteiger partial charge in [0.2, 0.25) is 0 Å². The molecule has 1 aromatic rings. The fraction of sp³-hybridized carbons (Fsp3) is 0.778. The average Bonchev–Trinajstić information content (AvgIpc) is 2.86. The van der Waals surface area contributed by atoms with E-state index in [1.54, 1.807) is 0 Å². The number of nitrogens with one attached hydrogen (secondary N) is 2. The van der Waals surface area contributed by atoms with Crippen LogP contribution in [0.2, 0.25) is 0 Å². The minimum Gasteiger partial charge on any atom is -0.356 e. The minimum atomic E-state index is 0.620. The van der Waals surface area contributed by atoms with E-state index >= 15 is 0 Å². The molecule has 0 aliphatic heterocycles. The Hall–Kier alpha value is -1.56. The van der Waals surface area contributed by atoms with E-state index in [-0.39, 0.29) is 0 Å². The quantitative estimate of drug-likeness (QED) is 0.391. The Balaban J connectivity index is 2.11. The number of aliphatic imine (C=N–C) groups is 1. The van der Waals surface area contributed by atoms with E-state index in [9.17, 15) is 0 Å². The molecule has 0 bridgehead atoms. The summed E-state index contributed by atoms with van der Waals surface area (Å²) in [5.41, 5.74) is 2.31. The fourth-order valence-corrected chi connectivity index (χ4v) is 2.51. The molecule has 2 N–H and O–H groups in total. The molecule has 1 heterocycles. The molecular formula is C18H36N6. The van der Waals surface area contributed by atoms with Crippen LogP contribution in [-0.2, 0) is 6.54 Å². The lowest BCUT2D eigenvalue weighted by atomic mass is 10.2. The molecule has 6 nitrogen and oxygen atoms in total. The number of rotatable bonds is 10. The Morgan fingerprint density at radius 1 is 1.21 bits per heavy atom. The van der Waals surface area contributed by atoms with Crippen molar-refractivity contribution < 1.29 is 0 Å². The molecule has 0 spiro atoms. The van der Waals surface area contributed by atoms with Gasteiger partial charge in [-0.2, -0.15) is 5.10 Å². The highest BCUT2D eigenvalue weighted by Crippen LogP contribution is 2.02. The largest absolute Gasteiger partial charge is 0.356 e. The monoisotopic (exact) mass is 336 g/mol. The van der Waals surface area contributed by atoms with Crippen LogP contribution in [0.5, 0.6) is 0 Å². The van der Waals surface area contributed by atoms with Crippen molar-refractivity contribution in [3.8, 4) is 0 Å². The second kappa shape index (κ2) is 11.1. The Labute approximate surface area is 147 Å². The minimum absolute atomic E-state index is 0.620. The fourth-order valence-electron chi connectivity index (χ4n) is 2.51. The summed E-state index contributed by atoms with van der Waals surface area (Å²) in [6.45, 7) is 12.5. The number of hydrogen-bond acceptors (Lipinski definition) is 3. The van der Waals surface area contributed by atoms with Crippen LogP contribution in [0.1, 0.15) is 44.5 Å². The van der Waals surface area contributed by atoms with Gasteiger partial charge in [0.15, 0.2) is 5.96 Å². The maximum Gasteiger partial charge on any atom is 0.190 e. The number of aryl methyl sites for hydroxylation is 3. The normalized spacial score (nSPS) is 12.2. The molecule has 0 amide bonds. The SMILES string of the molecule is CN=C(NCCCCN(C)C(C)C)NCCCn1nc(C)cc1C. The van der Waals surface area contributed by atoms with Crippen molar-refractivity contribution in [1.29, 1.82) is 0 Å². The molecule has 0 aliphatic carbocycles. The van der Waals surface area contributed by atoms with Crippen molar-refractivity contribution >= 4 is 5.96 Å². The average molecular weight is 337 g/mol. The summed E-state index contributed by atoms with van der Waals surface area (Å²) in [4.78, 5) is 6.66. The lowest BCUT2D eigenvalue weighted by molar-refractivity contribution is 0.268. The van der Waals surface area contributed by atoms with Gasteiger partial charge in [0.05, 0.1) is 5.69 Å². The number of guanidine groups is 1. The molecule has 0 radical (unpaired) electrons. The molecule has 138 valence electrons. The molecule has 0 aliphatic rings. The summed E-state index contributed by atoms with van der Waals surface area (Å²) in [5, 5.41) is 11.2. The molecule has 1 aromatic heterocycles. The molecule has 0 saturated heterocycles. The second-order valence-electron chi connectivity index (χ2n) is 6.71. The zero-order chi connectivity index (χ0) is 17.9. The molecule has 0 fully saturated rings. The summed E-state index contributed by atoms with van der Waals surface area (Å²) >= 11 is 0. The Morgan fingerprint density at radius 2 is 1.88 bits per heavy atom. The zero-order valence-corrected chi connectivity index (χ0v) is 16.4. The van der Waals surface area contributed by atoms with Crippen LogP contribution >= 0.6 is 0 Å². The Bertz CT molecular complexity index is 492. The first-order valence-electron chi connectivity index (χ1n) is 9.10. The maximum absolute atomic E-state index is 4.48. The van der Waals surface area contributed by atoms with Gasteiger partial charge in [0.1, 0.15) is 0 Å². The van der Waals surface area contributed by atoms with Crippen molar-refractivity contribution in [2.45, 2.75) is 59.5 Å². The third-order valence-electron chi connectivity index (χ3n) is 4.28. The van der Waals surface area contributed by atoms with Gasteiger partial charge in [-0.3, -0.25) is 9.67 Å². The number of hydrogen-bond donors (Lipinski definition) is 2. The van der Waals surface area contributed by atoms with Crippen LogP contribution in [0, 0.1) is 13.8 Å². The molecule has 6 heteroatoms. The number of nitrogens with zero attached hydrogens (tertiary/aromatic N) is 4. The van der Waals surface area contributed by atoms with Crippen LogP contribution in [-0.4, -0.2) is 60.4 Å². The van der Waals surface area contributed by atoms with Crippen LogP contribution < -0.4 is 10.6 Å². The van der Waals surface area contributed by atoms with Crippen LogP contribution in [0.15, 0.2) is 11.1 Å². The third-order valence-corrected chi connectivity index (χ3v) is 4.28. The van der Waals surface area contributed by atoms with Gasteiger partial charge in [-0.05, 0) is 66.6 Å². The lowest BCUT2D eigenvalue weighted by Gasteiger charge is -2.20. The van der Waals surface area contributed by atoms with Gasteiger partial charge in [-0.25, -0.2) is 0 Å². The summed E-state index contributed by atoms with van der Waals surface area (Å²) in [6, 6.07) is 2.74. The van der Waals surface area contributed by atoms with Gasteiger partial charge < -0.3 is 15.5 Å². The standard InChI is InChI=1S/C18H36N6/c1-15(2)23(6)12-8-7-10-20-18(19-5)21-11-9-13-24-17(4)14-16(3)22-24/h14-15H,7-13H2,1-6H3,(H2,19,20,21). The highest BCUT2D eigenvalue weighted by molar-refractivity contribution is 5.79. The van der Waals surface area contributed by atoms with Crippen LogP contribution in [0.4, 0.5) is 0 Å². The number of unbranched alkanes of at least 4 members (excludes halogenated alkanes) is 1. The predicted molar refractivity (Wildman–Crippen MR) is 103 cm³/mol. The van der Waals surface area contributed by atoms with E-state index in [1.807, 2.05) is 14.0 Å². The second-order valence-corrected chi connectivity index (χ2v) is 6.71. The van der Waals surface area contributed by atoms with Crippen LogP contribution in [0.25, 0.3) is 0 Å². The van der Waals surface area contributed by atoms with Crippen molar-refractivity contribution in [3.05, 3.63) is 17.5 Å². The van der Waals surface area contributed by atoms with E-state index in [2.05, 4.69) is 64.2 Å². The number of aromatic nitrogens is 2. The molecule has 0 saturated carbocycles. The van der Waals surface area contributed by atoms with E-state index in [0.717, 1.165) is 50.7 Å². The molecule has 0 unspecified atom stereocenters. The first-order valence-corrected chi connectivity index (χ1v) is 9.10. The van der Waals surface area contributed by atoms with Crippen molar-refractivity contribution in [2.75, 3.05) is 33.7 Å². The summed E-state index contributed by atoms with van der Waals surface area (Å²) in [6.07, 6.45) is 3.39. The molecular weight excluding hydrogens is 300 g/mol. The van der Waals surface area contributed by atoms with E-state index in [1.165, 1.54) is 12.1 Å². The van der Waals surface area contributed by atoms with E-state index in [4.69, 9.17) is 0 Å². The summed E-state index contributed by atoms with van der Waals surface area (Å²) in [5.74, 6) is 0.889. The van der Waals surface area contributed by atoms with E-state index in [0.29, 0.717) is 6.04 Å². The van der Waals surface area contributed by atoms with Gasteiger partial charge in [0.25, 0.3) is 0 Å². The van der Waals surface area contributed by atoms with Gasteiger partial charge >= 0.3 is 0 Å². The Kier molecular flexibility index (Phi) is 9.45. The smallest absolute Gasteiger partial charge is 0.190 e. The van der Waals surface area contributed by atoms with Gasteiger partial charge in [-0.1, -0.05) is 0 Å². The first kappa shape index (κ1) is 20.5. The highest BCUT2D eigenvalue weighted by atomic mass is 15.3. The zero-order valence-electron chi connectivity index (χ0n) is 16.4. The Morgan fingerprint density at radius 3 is 2.42 bits per heavy atom. The lowest BCUT2D eigenvalue weighted by Crippen LogP contribution is -2.38. The maximum atomic E-state index is 4.48. The molecule has 0 aromatic carbocycles. The topological polar surface area (TPSA) is 57.5 Å². The third kappa shape index (κ3) is 7.81. The molecule has 0 atom stereocenters. The van der Waals surface area contributed by atoms with Crippen molar-refractivity contribution in [2.24, 2.45) is 4.99 Å². The molecule has 24 heavy (non-hydrogen) atoms. The van der Waals surface area contributed by atoms with E-state index < -0.39 is 0 Å².